The number of piperidine rings is 1. The number of hydrogen-bond donors (Lipinski definition) is 2. The van der Waals surface area contributed by atoms with Gasteiger partial charge in [-0.15, -0.1) is 0 Å². The topological polar surface area (TPSA) is 126 Å². The Balaban J connectivity index is 1.26. The Morgan fingerprint density at radius 2 is 1.96 bits per heavy atom. The number of carbonyl (C=O) groups excluding carboxylic acids is 3. The highest BCUT2D eigenvalue weighted by atomic mass is 16.5. The van der Waals surface area contributed by atoms with E-state index < -0.39 is 6.10 Å². The Labute approximate surface area is 261 Å². The molecule has 2 N–H and O–H groups in total. The fourth-order valence-electron chi connectivity index (χ4n) is 5.54. The monoisotopic (exact) mass is 611 g/mol. The third-order valence-electron chi connectivity index (χ3n) is 7.86. The number of benzene rings is 2. The van der Waals surface area contributed by atoms with Crippen LogP contribution < -0.4 is 14.8 Å². The SMILES string of the molecule is CC(C)COc1cc2cc(c1)C(=O)N(C)CC(=O)N[C@H]1CCN(C(=O)c3ccc4cc[nH]c4n3)C[C@@H]1OCc1cccc(c1)O2. The summed E-state index contributed by atoms with van der Waals surface area (Å²) in [7, 11) is 1.58. The first-order valence-corrected chi connectivity index (χ1v) is 15.2. The van der Waals surface area contributed by atoms with Crippen molar-refractivity contribution >= 4 is 28.8 Å². The maximum atomic E-state index is 13.5. The van der Waals surface area contributed by atoms with Gasteiger partial charge in [-0.2, -0.15) is 0 Å². The zero-order valence-electron chi connectivity index (χ0n) is 25.6. The van der Waals surface area contributed by atoms with Crippen LogP contribution in [0, 0.1) is 5.92 Å². The van der Waals surface area contributed by atoms with Crippen molar-refractivity contribution in [3.63, 3.8) is 0 Å². The van der Waals surface area contributed by atoms with Gasteiger partial charge in [0, 0.05) is 43.4 Å². The molecule has 2 atom stereocenters. The molecule has 0 saturated carbocycles. The predicted molar refractivity (Wildman–Crippen MR) is 167 cm³/mol. The van der Waals surface area contributed by atoms with Crippen molar-refractivity contribution in [2.75, 3.05) is 33.3 Å². The Bertz CT molecular complexity index is 1720. The molecule has 3 amide bonds. The summed E-state index contributed by atoms with van der Waals surface area (Å²) >= 11 is 0. The minimum absolute atomic E-state index is 0.156. The first-order chi connectivity index (χ1) is 21.7. The number of pyridine rings is 1. The molecule has 4 bridgehead atoms. The lowest BCUT2D eigenvalue weighted by molar-refractivity contribution is -0.124. The number of nitrogens with zero attached hydrogens (tertiary/aromatic N) is 3. The van der Waals surface area contributed by atoms with Crippen molar-refractivity contribution < 1.29 is 28.6 Å². The maximum absolute atomic E-state index is 13.5. The van der Waals surface area contributed by atoms with Crippen LogP contribution >= 0.6 is 0 Å². The van der Waals surface area contributed by atoms with Gasteiger partial charge < -0.3 is 34.3 Å². The molecular formula is C34H37N5O6. The highest BCUT2D eigenvalue weighted by Gasteiger charge is 2.34. The Hall–Kier alpha value is -4.90. The number of aromatic amines is 1. The standard InChI is InChI=1S/C34H37N5O6/c1-21(2)19-43-26-14-24-15-27(16-26)45-25-6-4-5-22(13-25)20-44-30-17-39(12-10-28(30)36-31(40)18-38(3)33(24)41)34(42)29-8-7-23-9-11-35-32(23)37-29/h4-9,11,13-16,21,28,30H,10,12,17-20H2,1-3H3,(H,35,37)(H,36,40)/t28-,30-/m0/s1. The minimum Gasteiger partial charge on any atom is -0.493 e. The van der Waals surface area contributed by atoms with Gasteiger partial charge in [-0.25, -0.2) is 4.98 Å². The van der Waals surface area contributed by atoms with E-state index in [1.165, 1.54) is 4.90 Å². The van der Waals surface area contributed by atoms with Gasteiger partial charge in [-0.05, 0) is 60.4 Å². The third-order valence-corrected chi connectivity index (χ3v) is 7.86. The molecule has 2 aliphatic rings. The van der Waals surface area contributed by atoms with Gasteiger partial charge in [-0.1, -0.05) is 26.0 Å². The highest BCUT2D eigenvalue weighted by molar-refractivity contribution is 5.97. The number of likely N-dealkylation sites (N-methyl/N-ethyl adjacent to an activating group) is 1. The van der Waals surface area contributed by atoms with Crippen LogP contribution in [0.15, 0.2) is 66.9 Å². The second-order valence-electron chi connectivity index (χ2n) is 12.0. The fraction of sp³-hybridized carbons (Fsp3) is 0.353. The number of H-pyrrole nitrogens is 1. The second kappa shape index (κ2) is 13.0. The molecule has 4 aromatic rings. The number of hydrogen-bond acceptors (Lipinski definition) is 7. The molecule has 1 fully saturated rings. The van der Waals surface area contributed by atoms with E-state index in [1.54, 1.807) is 42.4 Å². The molecule has 0 unspecified atom stereocenters. The van der Waals surface area contributed by atoms with E-state index in [0.717, 1.165) is 10.9 Å². The fourth-order valence-corrected chi connectivity index (χ4v) is 5.54. The summed E-state index contributed by atoms with van der Waals surface area (Å²) < 4.78 is 18.5. The van der Waals surface area contributed by atoms with Gasteiger partial charge in [0.05, 0.1) is 31.9 Å². The number of nitrogens with one attached hydrogen (secondary N) is 2. The summed E-state index contributed by atoms with van der Waals surface area (Å²) in [6, 6.07) is 17.7. The first kappa shape index (κ1) is 30.1. The van der Waals surface area contributed by atoms with Crippen molar-refractivity contribution in [3.8, 4) is 17.2 Å². The van der Waals surface area contributed by atoms with Crippen LogP contribution in [0.1, 0.15) is 46.7 Å². The van der Waals surface area contributed by atoms with E-state index in [2.05, 4.69) is 15.3 Å². The van der Waals surface area contributed by atoms with E-state index in [0.29, 0.717) is 59.6 Å². The second-order valence-corrected chi connectivity index (χ2v) is 12.0. The van der Waals surface area contributed by atoms with E-state index in [4.69, 9.17) is 14.2 Å². The van der Waals surface area contributed by atoms with Crippen LogP contribution in [0.3, 0.4) is 0 Å². The molecule has 4 heterocycles. The van der Waals surface area contributed by atoms with E-state index in [-0.39, 0.29) is 43.5 Å². The predicted octanol–water partition coefficient (Wildman–Crippen LogP) is 4.39. The summed E-state index contributed by atoms with van der Waals surface area (Å²) in [5.41, 5.74) is 2.20. The van der Waals surface area contributed by atoms with Crippen LogP contribution in [-0.4, -0.2) is 82.9 Å². The lowest BCUT2D eigenvalue weighted by atomic mass is 10.0. The maximum Gasteiger partial charge on any atom is 0.272 e. The van der Waals surface area contributed by atoms with Crippen molar-refractivity contribution in [1.82, 2.24) is 25.1 Å². The summed E-state index contributed by atoms with van der Waals surface area (Å²) in [6.45, 7) is 5.34. The van der Waals surface area contributed by atoms with Crippen molar-refractivity contribution in [2.45, 2.75) is 39.0 Å². The number of amides is 3. The molecule has 2 aliphatic heterocycles. The minimum atomic E-state index is -0.493. The van der Waals surface area contributed by atoms with E-state index in [1.807, 2.05) is 50.2 Å². The first-order valence-electron chi connectivity index (χ1n) is 15.2. The summed E-state index contributed by atoms with van der Waals surface area (Å²) in [6.07, 6.45) is 1.77. The number of aromatic nitrogens is 2. The van der Waals surface area contributed by atoms with Crippen LogP contribution in [0.25, 0.3) is 11.0 Å². The van der Waals surface area contributed by atoms with Gasteiger partial charge in [0.1, 0.15) is 28.6 Å². The van der Waals surface area contributed by atoms with Gasteiger partial charge in [0.15, 0.2) is 0 Å². The van der Waals surface area contributed by atoms with Gasteiger partial charge in [0.25, 0.3) is 11.8 Å². The highest BCUT2D eigenvalue weighted by Crippen LogP contribution is 2.30. The number of rotatable bonds is 4. The van der Waals surface area contributed by atoms with Crippen molar-refractivity contribution in [3.05, 3.63) is 83.7 Å². The van der Waals surface area contributed by atoms with Gasteiger partial charge in [0.2, 0.25) is 5.91 Å². The van der Waals surface area contributed by atoms with Gasteiger partial charge >= 0.3 is 0 Å². The van der Waals surface area contributed by atoms with Crippen LogP contribution in [0.2, 0.25) is 0 Å². The normalized spacial score (nSPS) is 19.2. The average Bonchev–Trinajstić information content (AvgIpc) is 3.50. The number of likely N-dealkylation sites (tertiary alicyclic amines) is 1. The molecule has 2 aromatic heterocycles. The summed E-state index contributed by atoms with van der Waals surface area (Å²) in [5.74, 6) is 0.955. The number of ether oxygens (including phenoxy) is 3. The third kappa shape index (κ3) is 7.09. The molecular weight excluding hydrogens is 574 g/mol. The molecule has 0 spiro atoms. The molecule has 11 nitrogen and oxygen atoms in total. The summed E-state index contributed by atoms with van der Waals surface area (Å²) in [5, 5.41) is 3.99. The van der Waals surface area contributed by atoms with E-state index >= 15 is 0 Å². The van der Waals surface area contributed by atoms with Crippen LogP contribution in [-0.2, 0) is 16.1 Å². The van der Waals surface area contributed by atoms with Crippen LogP contribution in [0.4, 0.5) is 0 Å². The molecule has 2 aromatic carbocycles. The molecule has 234 valence electrons. The smallest absolute Gasteiger partial charge is 0.272 e. The van der Waals surface area contributed by atoms with Crippen LogP contribution in [0.5, 0.6) is 17.2 Å². The number of carbonyl (C=O) groups is 3. The Morgan fingerprint density at radius 3 is 2.80 bits per heavy atom. The molecule has 6 rings (SSSR count). The van der Waals surface area contributed by atoms with Crippen molar-refractivity contribution in [2.24, 2.45) is 5.92 Å². The largest absolute Gasteiger partial charge is 0.493 e. The lowest BCUT2D eigenvalue weighted by Crippen LogP contribution is -2.57. The molecule has 45 heavy (non-hydrogen) atoms. The molecule has 0 aliphatic carbocycles. The van der Waals surface area contributed by atoms with E-state index in [9.17, 15) is 14.4 Å². The van der Waals surface area contributed by atoms with Gasteiger partial charge in [-0.3, -0.25) is 14.4 Å². The average molecular weight is 612 g/mol. The molecule has 0 radical (unpaired) electrons. The Kier molecular flexibility index (Phi) is 8.70. The molecule has 1 saturated heterocycles. The zero-order chi connectivity index (χ0) is 31.5. The lowest BCUT2D eigenvalue weighted by Gasteiger charge is -2.38. The number of fused-ring (bicyclic) bond motifs is 6. The summed E-state index contributed by atoms with van der Waals surface area (Å²) in [4.78, 5) is 50.8. The zero-order valence-corrected chi connectivity index (χ0v) is 25.6. The molecule has 11 heteroatoms. The van der Waals surface area contributed by atoms with Crippen molar-refractivity contribution in [1.29, 1.82) is 0 Å². The Morgan fingerprint density at radius 1 is 1.09 bits per heavy atom. The quantitative estimate of drug-likeness (QED) is 0.351.